The topological polar surface area (TPSA) is 112 Å². The Morgan fingerprint density at radius 2 is 1.90 bits per heavy atom. The van der Waals surface area contributed by atoms with Crippen LogP contribution in [0.2, 0.25) is 0 Å². The van der Waals surface area contributed by atoms with E-state index in [0.29, 0.717) is 22.2 Å². The number of benzene rings is 2. The molecule has 0 aliphatic rings. The molecule has 3 rings (SSSR count). The van der Waals surface area contributed by atoms with Gasteiger partial charge in [-0.25, -0.2) is 8.42 Å². The van der Waals surface area contributed by atoms with Gasteiger partial charge < -0.3 is 14.9 Å². The van der Waals surface area contributed by atoms with Gasteiger partial charge in [0.05, 0.1) is 11.5 Å². The Labute approximate surface area is 170 Å². The molecule has 1 atom stereocenters. The van der Waals surface area contributed by atoms with Gasteiger partial charge in [0.25, 0.3) is 0 Å². The first kappa shape index (κ1) is 21.1. The molecule has 8 heteroatoms. The van der Waals surface area contributed by atoms with Gasteiger partial charge >= 0.3 is 5.97 Å². The fourth-order valence-electron chi connectivity index (χ4n) is 3.04. The average molecular weight is 419 g/mol. The summed E-state index contributed by atoms with van der Waals surface area (Å²) in [5.74, 6) is -0.831. The maximum atomic E-state index is 13.0. The SMILES string of the molecule is CCCCOC(=O)C(NS(=O)(=O)c1ccc2oc3cc(N)ccc3c2c1)C(C)C. The standard InChI is InChI=1S/C21H26N2O5S/c1-4-5-10-27-21(24)20(13(2)3)23-29(25,26)15-7-9-18-17(12-15)16-8-6-14(22)11-19(16)28-18/h6-9,11-13,20,23H,4-5,10,22H2,1-3H3. The highest BCUT2D eigenvalue weighted by Gasteiger charge is 2.30. The molecule has 3 aromatic rings. The van der Waals surface area contributed by atoms with Gasteiger partial charge in [-0.3, -0.25) is 4.79 Å². The van der Waals surface area contributed by atoms with E-state index in [2.05, 4.69) is 4.72 Å². The van der Waals surface area contributed by atoms with Crippen LogP contribution in [0.15, 0.2) is 45.7 Å². The van der Waals surface area contributed by atoms with Crippen LogP contribution in [0.5, 0.6) is 0 Å². The molecule has 1 heterocycles. The number of esters is 1. The summed E-state index contributed by atoms with van der Waals surface area (Å²) in [6.07, 6.45) is 1.62. The number of carbonyl (C=O) groups excluding carboxylic acids is 1. The Morgan fingerprint density at radius 1 is 1.14 bits per heavy atom. The summed E-state index contributed by atoms with van der Waals surface area (Å²) in [5.41, 5.74) is 7.50. The molecule has 156 valence electrons. The largest absolute Gasteiger partial charge is 0.464 e. The minimum Gasteiger partial charge on any atom is -0.464 e. The molecule has 0 aliphatic carbocycles. The molecule has 0 radical (unpaired) electrons. The van der Waals surface area contributed by atoms with Crippen molar-refractivity contribution in [3.05, 3.63) is 36.4 Å². The fourth-order valence-corrected chi connectivity index (χ4v) is 4.40. The highest BCUT2D eigenvalue weighted by atomic mass is 32.2. The number of nitrogens with two attached hydrogens (primary N) is 1. The summed E-state index contributed by atoms with van der Waals surface area (Å²) < 4.78 is 39.4. The molecule has 0 bridgehead atoms. The molecular weight excluding hydrogens is 392 g/mol. The molecule has 1 aromatic heterocycles. The summed E-state index contributed by atoms with van der Waals surface area (Å²) in [5, 5.41) is 1.43. The molecule has 0 fully saturated rings. The Balaban J connectivity index is 1.92. The zero-order valence-electron chi connectivity index (χ0n) is 16.8. The van der Waals surface area contributed by atoms with Crippen molar-refractivity contribution in [3.8, 4) is 0 Å². The lowest BCUT2D eigenvalue weighted by Crippen LogP contribution is -2.45. The van der Waals surface area contributed by atoms with E-state index in [9.17, 15) is 13.2 Å². The Hall–Kier alpha value is -2.58. The predicted octanol–water partition coefficient (Wildman–Crippen LogP) is 3.81. The van der Waals surface area contributed by atoms with Crippen molar-refractivity contribution in [2.45, 2.75) is 44.6 Å². The lowest BCUT2D eigenvalue weighted by atomic mass is 10.1. The van der Waals surface area contributed by atoms with Gasteiger partial charge in [0, 0.05) is 22.5 Å². The number of anilines is 1. The van der Waals surface area contributed by atoms with Gasteiger partial charge in [0.1, 0.15) is 17.2 Å². The van der Waals surface area contributed by atoms with E-state index in [0.717, 1.165) is 18.2 Å². The summed E-state index contributed by atoms with van der Waals surface area (Å²) in [6.45, 7) is 5.80. The van der Waals surface area contributed by atoms with E-state index >= 15 is 0 Å². The number of sulfonamides is 1. The third-order valence-electron chi connectivity index (χ3n) is 4.72. The molecule has 0 saturated heterocycles. The number of hydrogen-bond donors (Lipinski definition) is 2. The summed E-state index contributed by atoms with van der Waals surface area (Å²) in [7, 11) is -3.94. The van der Waals surface area contributed by atoms with E-state index in [1.54, 1.807) is 44.2 Å². The number of nitrogens with one attached hydrogen (secondary N) is 1. The molecule has 0 saturated carbocycles. The number of rotatable bonds is 8. The maximum absolute atomic E-state index is 13.0. The van der Waals surface area contributed by atoms with Gasteiger partial charge in [-0.15, -0.1) is 0 Å². The third kappa shape index (κ3) is 4.54. The van der Waals surface area contributed by atoms with E-state index in [4.69, 9.17) is 14.9 Å². The Kier molecular flexibility index (Phi) is 6.14. The number of nitrogen functional groups attached to an aromatic ring is 1. The molecule has 3 N–H and O–H groups in total. The number of unbranched alkanes of at least 4 members (excludes halogenated alkanes) is 1. The maximum Gasteiger partial charge on any atom is 0.324 e. The first-order chi connectivity index (χ1) is 13.7. The van der Waals surface area contributed by atoms with Crippen molar-refractivity contribution >= 4 is 43.6 Å². The molecule has 2 aromatic carbocycles. The summed E-state index contributed by atoms with van der Waals surface area (Å²) >= 11 is 0. The fraction of sp³-hybridized carbons (Fsp3) is 0.381. The van der Waals surface area contributed by atoms with Crippen LogP contribution in [0.1, 0.15) is 33.6 Å². The second-order valence-electron chi connectivity index (χ2n) is 7.38. The normalized spacial score (nSPS) is 13.2. The van der Waals surface area contributed by atoms with Crippen molar-refractivity contribution in [2.24, 2.45) is 5.92 Å². The highest BCUT2D eigenvalue weighted by molar-refractivity contribution is 7.89. The van der Waals surface area contributed by atoms with Gasteiger partial charge in [0.2, 0.25) is 10.0 Å². The van der Waals surface area contributed by atoms with Crippen LogP contribution in [-0.2, 0) is 19.6 Å². The second-order valence-corrected chi connectivity index (χ2v) is 9.09. The molecule has 0 aliphatic heterocycles. The van der Waals surface area contributed by atoms with E-state index in [1.807, 2.05) is 6.92 Å². The smallest absolute Gasteiger partial charge is 0.324 e. The van der Waals surface area contributed by atoms with Crippen molar-refractivity contribution in [1.29, 1.82) is 0 Å². The lowest BCUT2D eigenvalue weighted by Gasteiger charge is -2.20. The molecule has 7 nitrogen and oxygen atoms in total. The molecule has 0 spiro atoms. The first-order valence-corrected chi connectivity index (χ1v) is 11.1. The van der Waals surface area contributed by atoms with E-state index in [-0.39, 0.29) is 17.4 Å². The van der Waals surface area contributed by atoms with Crippen molar-refractivity contribution in [2.75, 3.05) is 12.3 Å². The number of hydrogen-bond acceptors (Lipinski definition) is 6. The zero-order chi connectivity index (χ0) is 21.2. The minimum absolute atomic E-state index is 0.0523. The Bertz CT molecular complexity index is 1130. The lowest BCUT2D eigenvalue weighted by molar-refractivity contribution is -0.146. The van der Waals surface area contributed by atoms with Gasteiger partial charge in [-0.2, -0.15) is 4.72 Å². The average Bonchev–Trinajstić information content (AvgIpc) is 3.02. The quantitative estimate of drug-likeness (QED) is 0.327. The van der Waals surface area contributed by atoms with Crippen LogP contribution in [0.25, 0.3) is 21.9 Å². The molecular formula is C21H26N2O5S. The van der Waals surface area contributed by atoms with Gasteiger partial charge in [0.15, 0.2) is 0 Å². The van der Waals surface area contributed by atoms with Crippen molar-refractivity contribution in [1.82, 2.24) is 4.72 Å². The monoisotopic (exact) mass is 418 g/mol. The molecule has 0 amide bonds. The van der Waals surface area contributed by atoms with Crippen LogP contribution in [0, 0.1) is 5.92 Å². The third-order valence-corrected chi connectivity index (χ3v) is 6.16. The van der Waals surface area contributed by atoms with Crippen LogP contribution >= 0.6 is 0 Å². The summed E-state index contributed by atoms with van der Waals surface area (Å²) in [6, 6.07) is 8.86. The van der Waals surface area contributed by atoms with Crippen LogP contribution in [0.3, 0.4) is 0 Å². The predicted molar refractivity (Wildman–Crippen MR) is 113 cm³/mol. The van der Waals surface area contributed by atoms with Gasteiger partial charge in [-0.1, -0.05) is 27.2 Å². The second kappa shape index (κ2) is 8.42. The summed E-state index contributed by atoms with van der Waals surface area (Å²) in [4.78, 5) is 12.4. The van der Waals surface area contributed by atoms with Gasteiger partial charge in [-0.05, 0) is 42.7 Å². The number of carbonyl (C=O) groups is 1. The van der Waals surface area contributed by atoms with E-state index in [1.165, 1.54) is 6.07 Å². The van der Waals surface area contributed by atoms with Crippen LogP contribution in [-0.4, -0.2) is 27.0 Å². The number of furan rings is 1. The van der Waals surface area contributed by atoms with Crippen LogP contribution in [0.4, 0.5) is 5.69 Å². The molecule has 1 unspecified atom stereocenters. The first-order valence-electron chi connectivity index (χ1n) is 9.63. The zero-order valence-corrected chi connectivity index (χ0v) is 17.6. The van der Waals surface area contributed by atoms with Crippen LogP contribution < -0.4 is 10.5 Å². The van der Waals surface area contributed by atoms with E-state index < -0.39 is 22.0 Å². The molecule has 29 heavy (non-hydrogen) atoms. The minimum atomic E-state index is -3.94. The van der Waals surface area contributed by atoms with Crippen molar-refractivity contribution < 1.29 is 22.4 Å². The Morgan fingerprint density at radius 3 is 2.59 bits per heavy atom. The van der Waals surface area contributed by atoms with Crippen molar-refractivity contribution in [3.63, 3.8) is 0 Å². The highest BCUT2D eigenvalue weighted by Crippen LogP contribution is 2.31. The number of fused-ring (bicyclic) bond motifs is 3. The number of ether oxygens (including phenoxy) is 1.